The summed E-state index contributed by atoms with van der Waals surface area (Å²) in [7, 11) is 0. The van der Waals surface area contributed by atoms with Gasteiger partial charge < -0.3 is 9.64 Å². The number of nitrogens with zero attached hydrogens (tertiary/aromatic N) is 6. The maximum absolute atomic E-state index is 5.32. The Labute approximate surface area is 152 Å². The number of fused-ring (bicyclic) bond motifs is 1. The number of rotatable bonds is 3. The van der Waals surface area contributed by atoms with Crippen LogP contribution in [0.3, 0.4) is 0 Å². The second kappa shape index (κ2) is 6.34. The van der Waals surface area contributed by atoms with Crippen molar-refractivity contribution in [2.45, 2.75) is 13.0 Å². The second-order valence-electron chi connectivity index (χ2n) is 7.01. The van der Waals surface area contributed by atoms with Gasteiger partial charge in [-0.05, 0) is 31.2 Å². The SMILES string of the molecule is Cc1cc(-c2ccc3ncc(N4CCN(C5COC5)CC4)n3n2)ccn1. The zero-order chi connectivity index (χ0) is 17.5. The first-order valence-corrected chi connectivity index (χ1v) is 9.12. The van der Waals surface area contributed by atoms with Gasteiger partial charge >= 0.3 is 0 Å². The van der Waals surface area contributed by atoms with E-state index in [9.17, 15) is 0 Å². The number of hydrogen-bond donors (Lipinski definition) is 0. The maximum atomic E-state index is 5.32. The molecule has 0 bridgehead atoms. The van der Waals surface area contributed by atoms with Gasteiger partial charge in [-0.15, -0.1) is 0 Å². The van der Waals surface area contributed by atoms with E-state index in [2.05, 4.69) is 25.8 Å². The largest absolute Gasteiger partial charge is 0.378 e. The van der Waals surface area contributed by atoms with Gasteiger partial charge in [-0.3, -0.25) is 9.88 Å². The van der Waals surface area contributed by atoms with Crippen molar-refractivity contribution < 1.29 is 4.74 Å². The molecule has 3 aromatic rings. The minimum Gasteiger partial charge on any atom is -0.378 e. The molecule has 0 unspecified atom stereocenters. The van der Waals surface area contributed by atoms with E-state index in [0.29, 0.717) is 6.04 Å². The van der Waals surface area contributed by atoms with Crippen LogP contribution in [0.5, 0.6) is 0 Å². The molecule has 0 N–H and O–H groups in total. The van der Waals surface area contributed by atoms with E-state index >= 15 is 0 Å². The summed E-state index contributed by atoms with van der Waals surface area (Å²) in [4.78, 5) is 13.7. The summed E-state index contributed by atoms with van der Waals surface area (Å²) in [6.45, 7) is 7.86. The van der Waals surface area contributed by atoms with Crippen LogP contribution in [-0.2, 0) is 4.74 Å². The summed E-state index contributed by atoms with van der Waals surface area (Å²) in [6.07, 6.45) is 3.76. The standard InChI is InChI=1S/C19H22N6O/c1-14-10-15(4-5-20-14)17-2-3-18-21-11-19(25(18)22-17)24-8-6-23(7-9-24)16-12-26-13-16/h2-5,10-11,16H,6-9,12-13H2,1H3. The molecule has 0 aromatic carbocycles. The van der Waals surface area contributed by atoms with Crippen LogP contribution in [0.4, 0.5) is 5.82 Å². The summed E-state index contributed by atoms with van der Waals surface area (Å²) >= 11 is 0. The van der Waals surface area contributed by atoms with E-state index in [1.165, 1.54) is 0 Å². The number of pyridine rings is 1. The van der Waals surface area contributed by atoms with Gasteiger partial charge in [0.05, 0.1) is 31.1 Å². The van der Waals surface area contributed by atoms with E-state index < -0.39 is 0 Å². The summed E-state index contributed by atoms with van der Waals surface area (Å²) in [5, 5.41) is 4.85. The molecule has 0 atom stereocenters. The molecular weight excluding hydrogens is 328 g/mol. The van der Waals surface area contributed by atoms with Crippen molar-refractivity contribution in [3.63, 3.8) is 0 Å². The van der Waals surface area contributed by atoms with Gasteiger partial charge in [0.1, 0.15) is 0 Å². The number of aromatic nitrogens is 4. The molecule has 0 spiro atoms. The maximum Gasteiger partial charge on any atom is 0.155 e. The van der Waals surface area contributed by atoms with Crippen LogP contribution < -0.4 is 4.90 Å². The fourth-order valence-corrected chi connectivity index (χ4v) is 3.69. The fourth-order valence-electron chi connectivity index (χ4n) is 3.69. The number of piperazine rings is 1. The summed E-state index contributed by atoms with van der Waals surface area (Å²) < 4.78 is 7.29. The molecule has 26 heavy (non-hydrogen) atoms. The average Bonchev–Trinajstić information content (AvgIpc) is 3.04. The lowest BCUT2D eigenvalue weighted by molar-refractivity contribution is -0.0661. The molecule has 0 amide bonds. The smallest absolute Gasteiger partial charge is 0.155 e. The first kappa shape index (κ1) is 15.7. The van der Waals surface area contributed by atoms with Crippen molar-refractivity contribution in [3.8, 4) is 11.3 Å². The van der Waals surface area contributed by atoms with Gasteiger partial charge in [-0.1, -0.05) is 0 Å². The van der Waals surface area contributed by atoms with Crippen LogP contribution >= 0.6 is 0 Å². The molecule has 5 heterocycles. The lowest BCUT2D eigenvalue weighted by Crippen LogP contribution is -2.56. The summed E-state index contributed by atoms with van der Waals surface area (Å²) in [5.74, 6) is 1.07. The summed E-state index contributed by atoms with van der Waals surface area (Å²) in [6, 6.07) is 8.72. The Morgan fingerprint density at radius 1 is 1.04 bits per heavy atom. The van der Waals surface area contributed by atoms with Gasteiger partial charge in [0.25, 0.3) is 0 Å². The Morgan fingerprint density at radius 2 is 1.88 bits per heavy atom. The van der Waals surface area contributed by atoms with Gasteiger partial charge in [0.2, 0.25) is 0 Å². The second-order valence-corrected chi connectivity index (χ2v) is 7.01. The molecule has 2 aliphatic rings. The highest BCUT2D eigenvalue weighted by Gasteiger charge is 2.29. The number of ether oxygens (including phenoxy) is 1. The van der Waals surface area contributed by atoms with Crippen molar-refractivity contribution in [2.24, 2.45) is 0 Å². The normalized spacial score (nSPS) is 19.0. The molecule has 0 saturated carbocycles. The average molecular weight is 350 g/mol. The Hall–Kier alpha value is -2.51. The first-order valence-electron chi connectivity index (χ1n) is 9.12. The number of imidazole rings is 1. The molecule has 2 fully saturated rings. The van der Waals surface area contributed by atoms with Crippen LogP contribution in [0.25, 0.3) is 16.9 Å². The minimum atomic E-state index is 0.610. The molecule has 2 aliphatic heterocycles. The highest BCUT2D eigenvalue weighted by molar-refractivity contribution is 5.62. The first-order chi connectivity index (χ1) is 12.8. The third kappa shape index (κ3) is 2.73. The van der Waals surface area contributed by atoms with E-state index in [1.807, 2.05) is 42.0 Å². The zero-order valence-electron chi connectivity index (χ0n) is 14.9. The molecular formula is C19H22N6O. The predicted molar refractivity (Wildman–Crippen MR) is 99.3 cm³/mol. The van der Waals surface area contributed by atoms with Crippen molar-refractivity contribution in [2.75, 3.05) is 44.3 Å². The van der Waals surface area contributed by atoms with Crippen molar-refractivity contribution in [1.29, 1.82) is 0 Å². The Bertz CT molecular complexity index is 927. The van der Waals surface area contributed by atoms with Crippen LogP contribution in [0.1, 0.15) is 5.69 Å². The molecule has 134 valence electrons. The van der Waals surface area contributed by atoms with Gasteiger partial charge in [0, 0.05) is 43.6 Å². The Balaban J connectivity index is 1.42. The lowest BCUT2D eigenvalue weighted by atomic mass is 10.1. The highest BCUT2D eigenvalue weighted by atomic mass is 16.5. The predicted octanol–water partition coefficient (Wildman–Crippen LogP) is 1.62. The molecule has 7 heteroatoms. The topological polar surface area (TPSA) is 58.8 Å². The Kier molecular flexibility index (Phi) is 3.83. The zero-order valence-corrected chi connectivity index (χ0v) is 14.9. The fraction of sp³-hybridized carbons (Fsp3) is 0.421. The lowest BCUT2D eigenvalue weighted by Gasteiger charge is -2.42. The summed E-state index contributed by atoms with van der Waals surface area (Å²) in [5.41, 5.74) is 3.89. The van der Waals surface area contributed by atoms with E-state index in [0.717, 1.165) is 67.8 Å². The van der Waals surface area contributed by atoms with Crippen LogP contribution in [0.15, 0.2) is 36.7 Å². The number of aryl methyl sites for hydroxylation is 1. The van der Waals surface area contributed by atoms with Crippen molar-refractivity contribution in [3.05, 3.63) is 42.4 Å². The Morgan fingerprint density at radius 3 is 2.62 bits per heavy atom. The van der Waals surface area contributed by atoms with Gasteiger partial charge in [-0.2, -0.15) is 9.61 Å². The highest BCUT2D eigenvalue weighted by Crippen LogP contribution is 2.23. The number of hydrogen-bond acceptors (Lipinski definition) is 6. The molecule has 7 nitrogen and oxygen atoms in total. The van der Waals surface area contributed by atoms with E-state index in [-0.39, 0.29) is 0 Å². The molecule has 5 rings (SSSR count). The van der Waals surface area contributed by atoms with Crippen LogP contribution in [-0.4, -0.2) is 69.9 Å². The van der Waals surface area contributed by atoms with Gasteiger partial charge in [0.15, 0.2) is 11.5 Å². The third-order valence-electron chi connectivity index (χ3n) is 5.31. The minimum absolute atomic E-state index is 0.610. The van der Waals surface area contributed by atoms with Gasteiger partial charge in [-0.25, -0.2) is 4.98 Å². The third-order valence-corrected chi connectivity index (χ3v) is 5.31. The van der Waals surface area contributed by atoms with E-state index in [4.69, 9.17) is 9.84 Å². The van der Waals surface area contributed by atoms with Crippen molar-refractivity contribution in [1.82, 2.24) is 24.5 Å². The monoisotopic (exact) mass is 350 g/mol. The molecule has 0 aliphatic carbocycles. The van der Waals surface area contributed by atoms with Crippen LogP contribution in [0, 0.1) is 6.92 Å². The van der Waals surface area contributed by atoms with Crippen molar-refractivity contribution >= 4 is 11.5 Å². The quantitative estimate of drug-likeness (QED) is 0.715. The number of anilines is 1. The van der Waals surface area contributed by atoms with E-state index in [1.54, 1.807) is 0 Å². The molecule has 3 aromatic heterocycles. The molecule has 0 radical (unpaired) electrons. The molecule has 2 saturated heterocycles. The van der Waals surface area contributed by atoms with Crippen LogP contribution in [0.2, 0.25) is 0 Å².